The molecule has 3 rings (SSSR count). The Morgan fingerprint density at radius 2 is 1.73 bits per heavy atom. The number of benzene rings is 2. The minimum absolute atomic E-state index is 0.130. The fourth-order valence-electron chi connectivity index (χ4n) is 2.47. The second kappa shape index (κ2) is 6.40. The zero-order valence-electron chi connectivity index (χ0n) is 11.9. The van der Waals surface area contributed by atoms with Crippen molar-refractivity contribution in [1.82, 2.24) is 4.31 Å². The summed E-state index contributed by atoms with van der Waals surface area (Å²) < 4.78 is 39.8. The molecule has 2 aromatic carbocycles. The molecule has 0 bridgehead atoms. The molecular formula is C16H16FNO2S2. The molecule has 1 saturated heterocycles. The Bertz CT molecular complexity index is 733. The van der Waals surface area contributed by atoms with Crippen molar-refractivity contribution in [3.63, 3.8) is 0 Å². The molecule has 0 spiro atoms. The van der Waals surface area contributed by atoms with Gasteiger partial charge in [0.15, 0.2) is 0 Å². The summed E-state index contributed by atoms with van der Waals surface area (Å²) in [6, 6.07) is 14.9. The maximum absolute atomic E-state index is 13.0. The normalized spacial score (nSPS) is 20.0. The molecule has 0 aromatic heterocycles. The molecule has 1 heterocycles. The summed E-state index contributed by atoms with van der Waals surface area (Å²) >= 11 is 1.77. The summed E-state index contributed by atoms with van der Waals surface area (Å²) in [5.41, 5.74) is 1.13. The van der Waals surface area contributed by atoms with Gasteiger partial charge in [-0.05, 0) is 29.8 Å². The lowest BCUT2D eigenvalue weighted by atomic mass is 10.1. The van der Waals surface area contributed by atoms with Crippen molar-refractivity contribution in [3.05, 3.63) is 66.0 Å². The highest BCUT2D eigenvalue weighted by Gasteiger charge is 2.31. The van der Waals surface area contributed by atoms with Crippen molar-refractivity contribution in [2.24, 2.45) is 0 Å². The Morgan fingerprint density at radius 1 is 1.05 bits per heavy atom. The van der Waals surface area contributed by atoms with Crippen LogP contribution in [0.4, 0.5) is 4.39 Å². The van der Waals surface area contributed by atoms with E-state index in [0.29, 0.717) is 13.1 Å². The van der Waals surface area contributed by atoms with Crippen molar-refractivity contribution in [1.29, 1.82) is 0 Å². The van der Waals surface area contributed by atoms with Gasteiger partial charge in [-0.25, -0.2) is 12.8 Å². The fraction of sp³-hybridized carbons (Fsp3) is 0.250. The Labute approximate surface area is 134 Å². The fourth-order valence-corrected chi connectivity index (χ4v) is 5.38. The van der Waals surface area contributed by atoms with E-state index < -0.39 is 15.8 Å². The first-order chi connectivity index (χ1) is 10.6. The summed E-state index contributed by atoms with van der Waals surface area (Å²) in [6.07, 6.45) is 0. The molecule has 22 heavy (non-hydrogen) atoms. The van der Waals surface area contributed by atoms with Gasteiger partial charge < -0.3 is 0 Å². The van der Waals surface area contributed by atoms with Gasteiger partial charge in [0.2, 0.25) is 10.0 Å². The van der Waals surface area contributed by atoms with Gasteiger partial charge >= 0.3 is 0 Å². The maximum atomic E-state index is 13.0. The van der Waals surface area contributed by atoms with E-state index in [0.717, 1.165) is 11.3 Å². The monoisotopic (exact) mass is 337 g/mol. The Kier molecular flexibility index (Phi) is 4.52. The summed E-state index contributed by atoms with van der Waals surface area (Å²) in [5.74, 6) is 0.315. The largest absolute Gasteiger partial charge is 0.243 e. The average molecular weight is 337 g/mol. The first kappa shape index (κ1) is 15.5. The highest BCUT2D eigenvalue weighted by Crippen LogP contribution is 2.35. The summed E-state index contributed by atoms with van der Waals surface area (Å²) in [5, 5.41) is 0.130. The molecule has 0 N–H and O–H groups in total. The minimum Gasteiger partial charge on any atom is -0.207 e. The summed E-state index contributed by atoms with van der Waals surface area (Å²) in [7, 11) is -3.57. The number of hydrogen-bond donors (Lipinski definition) is 0. The van der Waals surface area contributed by atoms with Crippen LogP contribution < -0.4 is 0 Å². The molecule has 0 aliphatic carbocycles. The zero-order chi connectivity index (χ0) is 15.6. The van der Waals surface area contributed by atoms with E-state index in [1.54, 1.807) is 11.8 Å². The van der Waals surface area contributed by atoms with Gasteiger partial charge in [-0.15, -0.1) is 0 Å². The highest BCUT2D eigenvalue weighted by atomic mass is 32.2. The van der Waals surface area contributed by atoms with Crippen LogP contribution in [0.1, 0.15) is 10.8 Å². The van der Waals surface area contributed by atoms with Crippen LogP contribution in [0.3, 0.4) is 0 Å². The third-order valence-corrected chi connectivity index (χ3v) is 6.77. The number of rotatable bonds is 3. The maximum Gasteiger partial charge on any atom is 0.243 e. The second-order valence-electron chi connectivity index (χ2n) is 5.09. The topological polar surface area (TPSA) is 37.4 Å². The van der Waals surface area contributed by atoms with Gasteiger partial charge in [0.25, 0.3) is 0 Å². The first-order valence-corrected chi connectivity index (χ1v) is 9.48. The standard InChI is InChI=1S/C16H16FNO2S2/c17-14-6-8-15(9-7-14)22(19,20)18-10-11-21-16(12-18)13-4-2-1-3-5-13/h1-9,16H,10-12H2. The lowest BCUT2D eigenvalue weighted by Gasteiger charge is -2.31. The van der Waals surface area contributed by atoms with Crippen molar-refractivity contribution in [2.45, 2.75) is 10.1 Å². The van der Waals surface area contributed by atoms with Gasteiger partial charge in [0.05, 0.1) is 4.90 Å². The Hall–Kier alpha value is -1.37. The van der Waals surface area contributed by atoms with Crippen molar-refractivity contribution >= 4 is 21.8 Å². The van der Waals surface area contributed by atoms with Gasteiger partial charge in [-0.3, -0.25) is 0 Å². The smallest absolute Gasteiger partial charge is 0.207 e. The quantitative estimate of drug-likeness (QED) is 0.862. The first-order valence-electron chi connectivity index (χ1n) is 6.99. The van der Waals surface area contributed by atoms with E-state index in [1.807, 2.05) is 30.3 Å². The molecule has 0 amide bonds. The van der Waals surface area contributed by atoms with E-state index in [2.05, 4.69) is 0 Å². The van der Waals surface area contributed by atoms with Crippen molar-refractivity contribution in [2.75, 3.05) is 18.8 Å². The number of nitrogens with zero attached hydrogens (tertiary/aromatic N) is 1. The van der Waals surface area contributed by atoms with Gasteiger partial charge in [-0.1, -0.05) is 30.3 Å². The molecule has 1 fully saturated rings. The predicted octanol–water partition coefficient (Wildman–Crippen LogP) is 3.30. The minimum atomic E-state index is -3.57. The van der Waals surface area contributed by atoms with Crippen LogP contribution in [-0.2, 0) is 10.0 Å². The third-order valence-electron chi connectivity index (χ3n) is 3.65. The Morgan fingerprint density at radius 3 is 2.41 bits per heavy atom. The van der Waals surface area contributed by atoms with E-state index in [4.69, 9.17) is 0 Å². The van der Waals surface area contributed by atoms with Crippen molar-refractivity contribution in [3.8, 4) is 0 Å². The summed E-state index contributed by atoms with van der Waals surface area (Å²) in [6.45, 7) is 0.919. The van der Waals surface area contributed by atoms with Crippen LogP contribution in [0.15, 0.2) is 59.5 Å². The number of sulfonamides is 1. The average Bonchev–Trinajstić information content (AvgIpc) is 2.56. The van der Waals surface area contributed by atoms with Crippen molar-refractivity contribution < 1.29 is 12.8 Å². The van der Waals surface area contributed by atoms with E-state index in [1.165, 1.54) is 28.6 Å². The van der Waals surface area contributed by atoms with Gasteiger partial charge in [-0.2, -0.15) is 16.1 Å². The third kappa shape index (κ3) is 3.19. The molecule has 1 aliphatic heterocycles. The lowest BCUT2D eigenvalue weighted by molar-refractivity contribution is 0.421. The van der Waals surface area contributed by atoms with Crippen LogP contribution >= 0.6 is 11.8 Å². The molecule has 1 unspecified atom stereocenters. The van der Waals surface area contributed by atoms with E-state index in [9.17, 15) is 12.8 Å². The number of thioether (sulfide) groups is 1. The molecular weight excluding hydrogens is 321 g/mol. The molecule has 0 radical (unpaired) electrons. The molecule has 3 nitrogen and oxygen atoms in total. The zero-order valence-corrected chi connectivity index (χ0v) is 13.5. The van der Waals surface area contributed by atoms with E-state index >= 15 is 0 Å². The van der Waals surface area contributed by atoms with E-state index in [-0.39, 0.29) is 10.1 Å². The lowest BCUT2D eigenvalue weighted by Crippen LogP contribution is -2.39. The summed E-state index contributed by atoms with van der Waals surface area (Å²) in [4.78, 5) is 0.146. The molecule has 116 valence electrons. The van der Waals surface area contributed by atoms with Crippen LogP contribution in [0.25, 0.3) is 0 Å². The van der Waals surface area contributed by atoms with Crippen LogP contribution in [0, 0.1) is 5.82 Å². The predicted molar refractivity (Wildman–Crippen MR) is 86.8 cm³/mol. The molecule has 2 aromatic rings. The van der Waals surface area contributed by atoms with Gasteiger partial charge in [0.1, 0.15) is 5.82 Å². The second-order valence-corrected chi connectivity index (χ2v) is 8.34. The molecule has 0 saturated carbocycles. The van der Waals surface area contributed by atoms with Crippen LogP contribution in [0.2, 0.25) is 0 Å². The molecule has 1 atom stereocenters. The molecule has 6 heteroatoms. The van der Waals surface area contributed by atoms with Gasteiger partial charge in [0, 0.05) is 24.1 Å². The molecule has 1 aliphatic rings. The Balaban J connectivity index is 1.83. The number of hydrogen-bond acceptors (Lipinski definition) is 3. The SMILES string of the molecule is O=S(=O)(c1ccc(F)cc1)N1CCSC(c2ccccc2)C1. The highest BCUT2D eigenvalue weighted by molar-refractivity contribution is 7.99. The van der Waals surface area contributed by atoms with Crippen LogP contribution in [0.5, 0.6) is 0 Å². The van der Waals surface area contributed by atoms with Crippen LogP contribution in [-0.4, -0.2) is 31.6 Å². The number of halogens is 1.